The summed E-state index contributed by atoms with van der Waals surface area (Å²) in [4.78, 5) is 11.6. The minimum absolute atomic E-state index is 0.00719. The van der Waals surface area contributed by atoms with Crippen LogP contribution in [0.3, 0.4) is 0 Å². The minimum atomic E-state index is -0.585. The van der Waals surface area contributed by atoms with E-state index < -0.39 is 11.2 Å². The number of nitrogens with zero attached hydrogens (tertiary/aromatic N) is 3. The molecule has 0 fully saturated rings. The average Bonchev–Trinajstić information content (AvgIpc) is 2.85. The largest absolute Gasteiger partial charge is 0.463 e. The molecule has 1 heterocycles. The Morgan fingerprint density at radius 1 is 1.20 bits per heavy atom. The number of nitro benzene ring substituents is 1. The summed E-state index contributed by atoms with van der Waals surface area (Å²) in [7, 11) is 0. The number of hydrogen-bond acceptors (Lipinski definition) is 5. The second kappa shape index (κ2) is 4.55. The Balaban J connectivity index is 1.96. The molecular formula is C14H9N3O3. The number of hydrogen-bond donors (Lipinski definition) is 0. The van der Waals surface area contributed by atoms with Crippen LogP contribution in [-0.4, -0.2) is 4.92 Å². The fourth-order valence-electron chi connectivity index (χ4n) is 2.14. The van der Waals surface area contributed by atoms with E-state index in [1.54, 1.807) is 24.3 Å². The molecule has 1 atom stereocenters. The quantitative estimate of drug-likeness (QED) is 0.474. The summed E-state index contributed by atoms with van der Waals surface area (Å²) in [6, 6.07) is 13.2. The lowest BCUT2D eigenvalue weighted by Crippen LogP contribution is -2.21. The first-order valence-electron chi connectivity index (χ1n) is 5.89. The van der Waals surface area contributed by atoms with Crippen LogP contribution in [0.25, 0.3) is 0 Å². The van der Waals surface area contributed by atoms with E-state index >= 15 is 0 Å². The van der Waals surface area contributed by atoms with Crippen molar-refractivity contribution in [1.29, 1.82) is 5.26 Å². The van der Waals surface area contributed by atoms with Gasteiger partial charge in [-0.25, -0.2) is 4.90 Å². The van der Waals surface area contributed by atoms with Gasteiger partial charge in [-0.05, 0) is 24.3 Å². The number of anilines is 1. The van der Waals surface area contributed by atoms with E-state index in [1.807, 2.05) is 12.1 Å². The third-order valence-corrected chi connectivity index (χ3v) is 3.09. The third-order valence-electron chi connectivity index (χ3n) is 3.09. The van der Waals surface area contributed by atoms with Gasteiger partial charge in [0.25, 0.3) is 5.69 Å². The molecule has 0 aromatic heterocycles. The van der Waals surface area contributed by atoms with E-state index in [0.29, 0.717) is 17.0 Å². The zero-order chi connectivity index (χ0) is 14.1. The molecule has 0 spiro atoms. The number of rotatable bonds is 2. The molecule has 6 heteroatoms. The number of benzene rings is 2. The maximum Gasteiger partial charge on any atom is 0.269 e. The van der Waals surface area contributed by atoms with Crippen molar-refractivity contribution >= 4 is 11.4 Å². The molecule has 0 amide bonds. The van der Waals surface area contributed by atoms with Gasteiger partial charge in [0.1, 0.15) is 5.75 Å². The highest BCUT2D eigenvalue weighted by atomic mass is 16.6. The zero-order valence-corrected chi connectivity index (χ0v) is 10.3. The smallest absolute Gasteiger partial charge is 0.269 e. The predicted octanol–water partition coefficient (Wildman–Crippen LogP) is 2.97. The molecule has 1 aliphatic rings. The van der Waals surface area contributed by atoms with Gasteiger partial charge in [0.2, 0.25) is 6.23 Å². The highest BCUT2D eigenvalue weighted by molar-refractivity contribution is 5.65. The van der Waals surface area contributed by atoms with Crippen molar-refractivity contribution in [3.05, 3.63) is 64.2 Å². The Kier molecular flexibility index (Phi) is 2.73. The lowest BCUT2D eigenvalue weighted by Gasteiger charge is -2.17. The van der Waals surface area contributed by atoms with Crippen LogP contribution in [0.2, 0.25) is 0 Å². The van der Waals surface area contributed by atoms with Crippen LogP contribution >= 0.6 is 0 Å². The molecule has 3 rings (SSSR count). The predicted molar refractivity (Wildman–Crippen MR) is 71.0 cm³/mol. The van der Waals surface area contributed by atoms with E-state index in [4.69, 9.17) is 4.74 Å². The van der Waals surface area contributed by atoms with Crippen molar-refractivity contribution in [2.45, 2.75) is 6.23 Å². The number of para-hydroxylation sites is 2. The standard InChI is InChI=1S/C14H9N3O3/c15-9-16-12-3-1-2-4-13(12)20-14(16)10-5-7-11(8-6-10)17(18)19/h1-8,14H. The number of ether oxygens (including phenoxy) is 1. The molecule has 0 saturated heterocycles. The first-order chi connectivity index (χ1) is 9.70. The maximum absolute atomic E-state index is 10.6. The van der Waals surface area contributed by atoms with Crippen LogP contribution < -0.4 is 9.64 Å². The van der Waals surface area contributed by atoms with Gasteiger partial charge in [0.15, 0.2) is 6.19 Å². The molecule has 1 aliphatic heterocycles. The second-order valence-corrected chi connectivity index (χ2v) is 4.26. The number of nitro groups is 1. The Bertz CT molecular complexity index is 706. The summed E-state index contributed by atoms with van der Waals surface area (Å²) >= 11 is 0. The van der Waals surface area contributed by atoms with Crippen LogP contribution in [0.4, 0.5) is 11.4 Å². The first-order valence-corrected chi connectivity index (χ1v) is 5.89. The molecule has 1 unspecified atom stereocenters. The van der Waals surface area contributed by atoms with Gasteiger partial charge in [-0.3, -0.25) is 10.1 Å². The molecular weight excluding hydrogens is 258 g/mol. The summed E-state index contributed by atoms with van der Waals surface area (Å²) in [5.74, 6) is 0.623. The van der Waals surface area contributed by atoms with Gasteiger partial charge in [-0.15, -0.1) is 0 Å². The van der Waals surface area contributed by atoms with Gasteiger partial charge >= 0.3 is 0 Å². The normalized spacial score (nSPS) is 16.1. The Labute approximate surface area is 114 Å². The van der Waals surface area contributed by atoms with Gasteiger partial charge < -0.3 is 4.74 Å². The van der Waals surface area contributed by atoms with Crippen molar-refractivity contribution in [2.24, 2.45) is 0 Å². The number of non-ortho nitro benzene ring substituents is 1. The van der Waals surface area contributed by atoms with Crippen LogP contribution in [0, 0.1) is 21.6 Å². The van der Waals surface area contributed by atoms with Crippen LogP contribution in [-0.2, 0) is 0 Å². The second-order valence-electron chi connectivity index (χ2n) is 4.26. The molecule has 6 nitrogen and oxygen atoms in total. The fourth-order valence-corrected chi connectivity index (χ4v) is 2.14. The Hall–Kier alpha value is -3.07. The van der Waals surface area contributed by atoms with Crippen molar-refractivity contribution < 1.29 is 9.66 Å². The molecule has 0 N–H and O–H groups in total. The van der Waals surface area contributed by atoms with Gasteiger partial charge in [0.05, 0.1) is 10.6 Å². The molecule has 98 valence electrons. The topological polar surface area (TPSA) is 79.4 Å². The van der Waals surface area contributed by atoms with E-state index in [0.717, 1.165) is 0 Å². The molecule has 2 aromatic rings. The zero-order valence-electron chi connectivity index (χ0n) is 10.3. The van der Waals surface area contributed by atoms with Gasteiger partial charge in [-0.2, -0.15) is 5.26 Å². The molecule has 2 aromatic carbocycles. The van der Waals surface area contributed by atoms with E-state index in [9.17, 15) is 15.4 Å². The van der Waals surface area contributed by atoms with E-state index in [-0.39, 0.29) is 5.69 Å². The highest BCUT2D eigenvalue weighted by Gasteiger charge is 2.32. The van der Waals surface area contributed by atoms with Crippen molar-refractivity contribution in [3.63, 3.8) is 0 Å². The number of fused-ring (bicyclic) bond motifs is 1. The van der Waals surface area contributed by atoms with Crippen molar-refractivity contribution in [2.75, 3.05) is 4.90 Å². The maximum atomic E-state index is 10.6. The molecule has 0 saturated carbocycles. The van der Waals surface area contributed by atoms with Gasteiger partial charge in [-0.1, -0.05) is 12.1 Å². The van der Waals surface area contributed by atoms with Crippen LogP contribution in [0.1, 0.15) is 11.8 Å². The van der Waals surface area contributed by atoms with Gasteiger partial charge in [0, 0.05) is 17.7 Å². The average molecular weight is 267 g/mol. The summed E-state index contributed by atoms with van der Waals surface area (Å²) in [6.45, 7) is 0. The fraction of sp³-hybridized carbons (Fsp3) is 0.0714. The Morgan fingerprint density at radius 3 is 2.55 bits per heavy atom. The third kappa shape index (κ3) is 1.82. The minimum Gasteiger partial charge on any atom is -0.463 e. The first kappa shape index (κ1) is 12.0. The van der Waals surface area contributed by atoms with Crippen LogP contribution in [0.5, 0.6) is 5.75 Å². The SMILES string of the molecule is N#CN1c2ccccc2OC1c1ccc([N+](=O)[O-])cc1. The molecule has 0 aliphatic carbocycles. The summed E-state index contributed by atoms with van der Waals surface area (Å²) < 4.78 is 5.73. The van der Waals surface area contributed by atoms with Crippen molar-refractivity contribution in [3.8, 4) is 11.9 Å². The summed E-state index contributed by atoms with van der Waals surface area (Å²) in [6.07, 6.45) is 1.50. The molecule has 0 radical (unpaired) electrons. The molecule has 0 bridgehead atoms. The highest BCUT2D eigenvalue weighted by Crippen LogP contribution is 2.42. The monoisotopic (exact) mass is 267 g/mol. The lowest BCUT2D eigenvalue weighted by molar-refractivity contribution is -0.384. The number of nitriles is 1. The summed E-state index contributed by atoms with van der Waals surface area (Å²) in [5.41, 5.74) is 1.39. The van der Waals surface area contributed by atoms with Crippen molar-refractivity contribution in [1.82, 2.24) is 0 Å². The van der Waals surface area contributed by atoms with E-state index in [2.05, 4.69) is 6.19 Å². The van der Waals surface area contributed by atoms with Crippen LogP contribution in [0.15, 0.2) is 48.5 Å². The molecule has 20 heavy (non-hydrogen) atoms. The summed E-state index contributed by atoms with van der Waals surface area (Å²) in [5, 5.41) is 19.9. The Morgan fingerprint density at radius 2 is 1.90 bits per heavy atom. The lowest BCUT2D eigenvalue weighted by atomic mass is 10.1. The van der Waals surface area contributed by atoms with E-state index in [1.165, 1.54) is 17.0 Å².